The molecule has 3 rings (SSSR count). The standard InChI is InChI=1S/C14H14BrN5/c1-8-4-10-11(5-9(8)2)20(7-19-10)14-12(15)13(16-3)17-6-18-14/h4-7H,1-3H3,(H,16,17,18). The number of anilines is 1. The molecule has 0 atom stereocenters. The third kappa shape index (κ3) is 1.96. The van der Waals surface area contributed by atoms with Crippen molar-refractivity contribution in [1.29, 1.82) is 0 Å². The van der Waals surface area contributed by atoms with E-state index in [0.29, 0.717) is 0 Å². The highest BCUT2D eigenvalue weighted by Crippen LogP contribution is 2.28. The lowest BCUT2D eigenvalue weighted by Crippen LogP contribution is -2.02. The van der Waals surface area contributed by atoms with Gasteiger partial charge in [-0.1, -0.05) is 0 Å². The molecule has 1 N–H and O–H groups in total. The van der Waals surface area contributed by atoms with Gasteiger partial charge in [-0.25, -0.2) is 15.0 Å². The summed E-state index contributed by atoms with van der Waals surface area (Å²) in [5, 5.41) is 3.03. The monoisotopic (exact) mass is 331 g/mol. The van der Waals surface area contributed by atoms with Gasteiger partial charge in [0.25, 0.3) is 0 Å². The van der Waals surface area contributed by atoms with Crippen LogP contribution >= 0.6 is 15.9 Å². The number of aromatic nitrogens is 4. The molecule has 1 aromatic carbocycles. The fraction of sp³-hybridized carbons (Fsp3) is 0.214. The molecule has 0 unspecified atom stereocenters. The molecule has 102 valence electrons. The summed E-state index contributed by atoms with van der Waals surface area (Å²) in [5.74, 6) is 1.52. The first-order valence-electron chi connectivity index (χ1n) is 6.24. The number of hydrogen-bond acceptors (Lipinski definition) is 4. The van der Waals surface area contributed by atoms with Crippen molar-refractivity contribution in [2.45, 2.75) is 13.8 Å². The number of aryl methyl sites for hydroxylation is 2. The Hall–Kier alpha value is -1.95. The van der Waals surface area contributed by atoms with E-state index in [4.69, 9.17) is 0 Å². The minimum absolute atomic E-state index is 0.751. The quantitative estimate of drug-likeness (QED) is 0.783. The van der Waals surface area contributed by atoms with Gasteiger partial charge in [0.1, 0.15) is 22.9 Å². The zero-order valence-electron chi connectivity index (χ0n) is 11.5. The van der Waals surface area contributed by atoms with E-state index in [9.17, 15) is 0 Å². The van der Waals surface area contributed by atoms with Crippen LogP contribution in [0, 0.1) is 13.8 Å². The van der Waals surface area contributed by atoms with Crippen molar-refractivity contribution in [2.24, 2.45) is 0 Å². The zero-order chi connectivity index (χ0) is 14.3. The lowest BCUT2D eigenvalue weighted by atomic mass is 10.1. The molecule has 0 aliphatic carbocycles. The zero-order valence-corrected chi connectivity index (χ0v) is 13.1. The molecular formula is C14H14BrN5. The Morgan fingerprint density at radius 1 is 1.10 bits per heavy atom. The molecule has 20 heavy (non-hydrogen) atoms. The second-order valence-corrected chi connectivity index (χ2v) is 5.44. The Morgan fingerprint density at radius 2 is 1.85 bits per heavy atom. The third-order valence-corrected chi connectivity index (χ3v) is 4.13. The maximum Gasteiger partial charge on any atom is 0.158 e. The van der Waals surface area contributed by atoms with Crippen LogP contribution < -0.4 is 5.32 Å². The van der Waals surface area contributed by atoms with Crippen molar-refractivity contribution in [1.82, 2.24) is 19.5 Å². The van der Waals surface area contributed by atoms with Gasteiger partial charge in [-0.15, -0.1) is 0 Å². The fourth-order valence-electron chi connectivity index (χ4n) is 2.14. The molecule has 0 radical (unpaired) electrons. The highest BCUT2D eigenvalue weighted by atomic mass is 79.9. The van der Waals surface area contributed by atoms with E-state index in [1.807, 2.05) is 11.6 Å². The summed E-state index contributed by atoms with van der Waals surface area (Å²) in [6, 6.07) is 4.22. The van der Waals surface area contributed by atoms with Crippen LogP contribution in [0.4, 0.5) is 5.82 Å². The molecule has 0 saturated carbocycles. The lowest BCUT2D eigenvalue weighted by Gasteiger charge is -2.09. The topological polar surface area (TPSA) is 55.6 Å². The maximum atomic E-state index is 4.45. The summed E-state index contributed by atoms with van der Waals surface area (Å²) in [5.41, 5.74) is 4.47. The van der Waals surface area contributed by atoms with Gasteiger partial charge >= 0.3 is 0 Å². The molecule has 0 amide bonds. The number of fused-ring (bicyclic) bond motifs is 1. The van der Waals surface area contributed by atoms with Crippen molar-refractivity contribution in [3.63, 3.8) is 0 Å². The molecular weight excluding hydrogens is 318 g/mol. The number of imidazole rings is 1. The predicted molar refractivity (Wildman–Crippen MR) is 83.4 cm³/mol. The highest BCUT2D eigenvalue weighted by molar-refractivity contribution is 9.10. The Balaban J connectivity index is 2.28. The van der Waals surface area contributed by atoms with Gasteiger partial charge in [0.15, 0.2) is 5.82 Å². The summed E-state index contributed by atoms with van der Waals surface area (Å²) >= 11 is 3.55. The average Bonchev–Trinajstić information content (AvgIpc) is 2.82. The van der Waals surface area contributed by atoms with Crippen LogP contribution in [0.15, 0.2) is 29.3 Å². The van der Waals surface area contributed by atoms with Gasteiger partial charge in [-0.05, 0) is 53.0 Å². The van der Waals surface area contributed by atoms with E-state index in [1.54, 1.807) is 12.7 Å². The van der Waals surface area contributed by atoms with Gasteiger partial charge in [0.2, 0.25) is 0 Å². The van der Waals surface area contributed by atoms with Crippen LogP contribution in [0.1, 0.15) is 11.1 Å². The first-order valence-corrected chi connectivity index (χ1v) is 7.04. The average molecular weight is 332 g/mol. The van der Waals surface area contributed by atoms with Crippen LogP contribution in [-0.2, 0) is 0 Å². The smallest absolute Gasteiger partial charge is 0.158 e. The molecule has 6 heteroatoms. The molecule has 2 heterocycles. The molecule has 0 spiro atoms. The Morgan fingerprint density at radius 3 is 2.60 bits per heavy atom. The minimum Gasteiger partial charge on any atom is -0.372 e. The normalized spacial score (nSPS) is 11.0. The summed E-state index contributed by atoms with van der Waals surface area (Å²) in [4.78, 5) is 13.0. The van der Waals surface area contributed by atoms with E-state index >= 15 is 0 Å². The highest BCUT2D eigenvalue weighted by Gasteiger charge is 2.13. The fourth-order valence-corrected chi connectivity index (χ4v) is 2.73. The van der Waals surface area contributed by atoms with Crippen LogP contribution in [0.5, 0.6) is 0 Å². The maximum absolute atomic E-state index is 4.45. The SMILES string of the molecule is CNc1ncnc(-n2cnc3cc(C)c(C)cc32)c1Br. The first-order chi connectivity index (χ1) is 9.61. The number of rotatable bonds is 2. The van der Waals surface area contributed by atoms with Gasteiger partial charge in [0.05, 0.1) is 11.0 Å². The summed E-state index contributed by atoms with van der Waals surface area (Å²) in [6.45, 7) is 4.19. The Kier molecular flexibility index (Phi) is 3.17. The first kappa shape index (κ1) is 13.1. The summed E-state index contributed by atoms with van der Waals surface area (Å²) in [7, 11) is 1.83. The molecule has 0 aliphatic rings. The van der Waals surface area contributed by atoms with E-state index in [-0.39, 0.29) is 0 Å². The number of nitrogens with zero attached hydrogens (tertiary/aromatic N) is 4. The van der Waals surface area contributed by atoms with E-state index < -0.39 is 0 Å². The largest absolute Gasteiger partial charge is 0.372 e. The molecule has 0 bridgehead atoms. The minimum atomic E-state index is 0.751. The number of nitrogens with one attached hydrogen (secondary N) is 1. The summed E-state index contributed by atoms with van der Waals surface area (Å²) in [6.07, 6.45) is 3.33. The van der Waals surface area contributed by atoms with Crippen LogP contribution in [0.3, 0.4) is 0 Å². The summed E-state index contributed by atoms with van der Waals surface area (Å²) < 4.78 is 2.79. The van der Waals surface area contributed by atoms with Crippen molar-refractivity contribution < 1.29 is 0 Å². The molecule has 2 aromatic heterocycles. The van der Waals surface area contributed by atoms with Crippen molar-refractivity contribution in [3.05, 3.63) is 40.4 Å². The number of hydrogen-bond donors (Lipinski definition) is 1. The number of halogens is 1. The molecule has 5 nitrogen and oxygen atoms in total. The lowest BCUT2D eigenvalue weighted by molar-refractivity contribution is 0.983. The second-order valence-electron chi connectivity index (χ2n) is 4.65. The van der Waals surface area contributed by atoms with Crippen molar-refractivity contribution in [3.8, 4) is 5.82 Å². The van der Waals surface area contributed by atoms with Crippen LogP contribution in [0.2, 0.25) is 0 Å². The van der Waals surface area contributed by atoms with Gasteiger partial charge in [0, 0.05) is 7.05 Å². The van der Waals surface area contributed by atoms with E-state index in [2.05, 4.69) is 62.2 Å². The number of benzene rings is 1. The van der Waals surface area contributed by atoms with E-state index in [0.717, 1.165) is 27.1 Å². The predicted octanol–water partition coefficient (Wildman–Crippen LogP) is 3.24. The Bertz CT molecular complexity index is 794. The van der Waals surface area contributed by atoms with Crippen molar-refractivity contribution >= 4 is 32.8 Å². The second kappa shape index (κ2) is 4.86. The Labute approximate surface area is 125 Å². The van der Waals surface area contributed by atoms with Gasteiger partial charge < -0.3 is 5.32 Å². The van der Waals surface area contributed by atoms with Gasteiger partial charge in [-0.3, -0.25) is 4.57 Å². The van der Waals surface area contributed by atoms with Gasteiger partial charge in [-0.2, -0.15) is 0 Å². The van der Waals surface area contributed by atoms with Crippen LogP contribution in [-0.4, -0.2) is 26.6 Å². The molecule has 0 fully saturated rings. The van der Waals surface area contributed by atoms with Crippen LogP contribution in [0.25, 0.3) is 16.9 Å². The molecule has 3 aromatic rings. The third-order valence-electron chi connectivity index (χ3n) is 3.40. The van der Waals surface area contributed by atoms with Crippen molar-refractivity contribution in [2.75, 3.05) is 12.4 Å². The molecule has 0 saturated heterocycles. The van der Waals surface area contributed by atoms with E-state index in [1.165, 1.54) is 11.1 Å². The molecule has 0 aliphatic heterocycles.